The lowest BCUT2D eigenvalue weighted by molar-refractivity contribution is -0.385. The van der Waals surface area contributed by atoms with Crippen molar-refractivity contribution < 1.29 is 24.0 Å². The first-order chi connectivity index (χ1) is 16.6. The van der Waals surface area contributed by atoms with E-state index in [0.29, 0.717) is 31.2 Å². The second-order valence-corrected chi connectivity index (χ2v) is 9.32. The van der Waals surface area contributed by atoms with E-state index in [0.717, 1.165) is 5.56 Å². The molecule has 0 amide bonds. The Bertz CT molecular complexity index is 1440. The molecule has 0 aromatic heterocycles. The molecule has 0 spiro atoms. The molecule has 0 aliphatic carbocycles. The number of esters is 2. The van der Waals surface area contributed by atoms with Gasteiger partial charge in [0.15, 0.2) is 11.4 Å². The van der Waals surface area contributed by atoms with E-state index in [-0.39, 0.29) is 23.0 Å². The quantitative estimate of drug-likeness (QED) is 0.112. The number of rotatable bonds is 5. The Hall–Kier alpha value is -3.63. The highest BCUT2D eigenvalue weighted by Gasteiger charge is 2.26. The number of cyclic esters (lactones) is 1. The van der Waals surface area contributed by atoms with Gasteiger partial charge in [-0.05, 0) is 87.2 Å². The molecule has 0 bridgehead atoms. The van der Waals surface area contributed by atoms with Crippen molar-refractivity contribution in [3.63, 3.8) is 0 Å². The normalized spacial score (nSPS) is 14.0. The van der Waals surface area contributed by atoms with Crippen LogP contribution in [-0.4, -0.2) is 22.8 Å². The standard InChI is InChI=1S/C25H16Br2N2O6/c1-13-5-3-4-6-17(13)24(30)34-22-18(26)9-15(10-19(22)27)11-20-25(31)35-23(28-20)16-8-7-14(2)21(12-16)29(32)33/h3-12H,1-2H3/b20-11-. The van der Waals surface area contributed by atoms with Gasteiger partial charge in [0.25, 0.3) is 5.69 Å². The fourth-order valence-corrected chi connectivity index (χ4v) is 4.72. The van der Waals surface area contributed by atoms with Crippen molar-refractivity contribution in [1.82, 2.24) is 0 Å². The van der Waals surface area contributed by atoms with E-state index in [1.807, 2.05) is 19.1 Å². The summed E-state index contributed by atoms with van der Waals surface area (Å²) in [5, 5.41) is 11.2. The average molecular weight is 600 g/mol. The molecule has 176 valence electrons. The molecular formula is C25H16Br2N2O6. The average Bonchev–Trinajstić information content (AvgIpc) is 3.16. The summed E-state index contributed by atoms with van der Waals surface area (Å²) < 4.78 is 11.8. The number of ether oxygens (including phenoxy) is 2. The minimum absolute atomic E-state index is 0.0201. The molecule has 0 radical (unpaired) electrons. The minimum atomic E-state index is -0.689. The summed E-state index contributed by atoms with van der Waals surface area (Å²) in [7, 11) is 0. The van der Waals surface area contributed by atoms with Gasteiger partial charge in [-0.3, -0.25) is 10.1 Å². The van der Waals surface area contributed by atoms with Gasteiger partial charge < -0.3 is 9.47 Å². The molecule has 0 N–H and O–H groups in total. The Labute approximate surface area is 216 Å². The van der Waals surface area contributed by atoms with Crippen molar-refractivity contribution >= 4 is 61.5 Å². The van der Waals surface area contributed by atoms with Crippen LogP contribution in [0.3, 0.4) is 0 Å². The van der Waals surface area contributed by atoms with Crippen LogP contribution in [0.5, 0.6) is 5.75 Å². The van der Waals surface area contributed by atoms with E-state index in [1.54, 1.807) is 43.3 Å². The van der Waals surface area contributed by atoms with Crippen molar-refractivity contribution in [3.05, 3.63) is 107 Å². The Morgan fingerprint density at radius 3 is 2.40 bits per heavy atom. The zero-order valence-corrected chi connectivity index (χ0v) is 21.5. The molecule has 1 heterocycles. The van der Waals surface area contributed by atoms with E-state index in [9.17, 15) is 19.7 Å². The summed E-state index contributed by atoms with van der Waals surface area (Å²) in [6.45, 7) is 3.44. The van der Waals surface area contributed by atoms with Gasteiger partial charge in [0.2, 0.25) is 5.90 Å². The first-order valence-electron chi connectivity index (χ1n) is 10.2. The van der Waals surface area contributed by atoms with Crippen LogP contribution in [0, 0.1) is 24.0 Å². The summed E-state index contributed by atoms with van der Waals surface area (Å²) in [5.74, 6) is -0.932. The fourth-order valence-electron chi connectivity index (χ4n) is 3.34. The maximum Gasteiger partial charge on any atom is 0.363 e. The largest absolute Gasteiger partial charge is 0.420 e. The van der Waals surface area contributed by atoms with E-state index in [1.165, 1.54) is 12.1 Å². The molecule has 8 nitrogen and oxygen atoms in total. The summed E-state index contributed by atoms with van der Waals surface area (Å²) in [6, 6.07) is 14.9. The van der Waals surface area contributed by atoms with Gasteiger partial charge in [-0.2, -0.15) is 0 Å². The summed E-state index contributed by atoms with van der Waals surface area (Å²) >= 11 is 6.81. The van der Waals surface area contributed by atoms with E-state index < -0.39 is 16.9 Å². The molecule has 3 aromatic carbocycles. The van der Waals surface area contributed by atoms with Gasteiger partial charge in [0.1, 0.15) is 0 Å². The number of nitrogens with zero attached hydrogens (tertiary/aromatic N) is 2. The molecule has 10 heteroatoms. The molecule has 4 rings (SSSR count). The van der Waals surface area contributed by atoms with Crippen LogP contribution in [0.25, 0.3) is 6.08 Å². The number of aliphatic imine (C=N–C) groups is 1. The topological polar surface area (TPSA) is 108 Å². The third-order valence-electron chi connectivity index (χ3n) is 5.16. The van der Waals surface area contributed by atoms with Gasteiger partial charge in [0, 0.05) is 17.2 Å². The molecule has 35 heavy (non-hydrogen) atoms. The Balaban J connectivity index is 1.61. The molecule has 0 saturated heterocycles. The highest BCUT2D eigenvalue weighted by molar-refractivity contribution is 9.11. The van der Waals surface area contributed by atoms with Crippen LogP contribution < -0.4 is 4.74 Å². The lowest BCUT2D eigenvalue weighted by Gasteiger charge is -2.11. The second-order valence-electron chi connectivity index (χ2n) is 7.61. The smallest absolute Gasteiger partial charge is 0.363 e. The lowest BCUT2D eigenvalue weighted by Crippen LogP contribution is -2.11. The van der Waals surface area contributed by atoms with Crippen molar-refractivity contribution in [2.24, 2.45) is 4.99 Å². The number of benzene rings is 3. The second kappa shape index (κ2) is 9.93. The van der Waals surface area contributed by atoms with Crippen LogP contribution in [0.4, 0.5) is 5.69 Å². The predicted octanol–water partition coefficient (Wildman–Crippen LogP) is 6.30. The highest BCUT2D eigenvalue weighted by Crippen LogP contribution is 2.36. The summed E-state index contributed by atoms with van der Waals surface area (Å²) in [4.78, 5) is 39.9. The number of nitro groups is 1. The molecule has 1 aliphatic rings. The molecule has 0 fully saturated rings. The maximum atomic E-state index is 12.6. The SMILES string of the molecule is Cc1ccccc1C(=O)Oc1c(Br)cc(/C=C2\N=C(c3ccc(C)c([N+](=O)[O-])c3)OC2=O)cc1Br. The molecule has 0 saturated carbocycles. The monoisotopic (exact) mass is 598 g/mol. The number of carbonyl (C=O) groups excluding carboxylic acids is 2. The van der Waals surface area contributed by atoms with Crippen LogP contribution >= 0.6 is 31.9 Å². The number of hydrogen-bond donors (Lipinski definition) is 0. The lowest BCUT2D eigenvalue weighted by atomic mass is 10.1. The van der Waals surface area contributed by atoms with E-state index in [2.05, 4.69) is 36.9 Å². The third kappa shape index (κ3) is 5.23. The van der Waals surface area contributed by atoms with Crippen LogP contribution in [0.15, 0.2) is 74.2 Å². The third-order valence-corrected chi connectivity index (χ3v) is 6.34. The molecule has 0 atom stereocenters. The van der Waals surface area contributed by atoms with Crippen LogP contribution in [0.2, 0.25) is 0 Å². The summed E-state index contributed by atoms with van der Waals surface area (Å²) in [6.07, 6.45) is 1.50. The van der Waals surface area contributed by atoms with Crippen LogP contribution in [0.1, 0.15) is 32.6 Å². The van der Waals surface area contributed by atoms with Crippen molar-refractivity contribution in [2.45, 2.75) is 13.8 Å². The number of carbonyl (C=O) groups is 2. The molecule has 0 unspecified atom stereocenters. The number of aryl methyl sites for hydroxylation is 2. The first kappa shape index (κ1) is 24.5. The zero-order chi connectivity index (χ0) is 25.3. The number of nitro benzene ring substituents is 1. The molecule has 3 aromatic rings. The van der Waals surface area contributed by atoms with Gasteiger partial charge in [-0.1, -0.05) is 24.3 Å². The minimum Gasteiger partial charge on any atom is -0.420 e. The van der Waals surface area contributed by atoms with Crippen molar-refractivity contribution in [1.29, 1.82) is 0 Å². The first-order valence-corrected chi connectivity index (χ1v) is 11.8. The van der Waals surface area contributed by atoms with Gasteiger partial charge in [-0.25, -0.2) is 14.6 Å². The highest BCUT2D eigenvalue weighted by atomic mass is 79.9. The molecule has 1 aliphatic heterocycles. The Morgan fingerprint density at radius 1 is 1.06 bits per heavy atom. The van der Waals surface area contributed by atoms with Gasteiger partial charge in [0.05, 0.1) is 19.4 Å². The predicted molar refractivity (Wildman–Crippen MR) is 136 cm³/mol. The van der Waals surface area contributed by atoms with Gasteiger partial charge in [-0.15, -0.1) is 0 Å². The van der Waals surface area contributed by atoms with Crippen molar-refractivity contribution in [2.75, 3.05) is 0 Å². The Morgan fingerprint density at radius 2 is 1.74 bits per heavy atom. The van der Waals surface area contributed by atoms with Crippen LogP contribution in [-0.2, 0) is 9.53 Å². The van der Waals surface area contributed by atoms with E-state index in [4.69, 9.17) is 9.47 Å². The summed E-state index contributed by atoms with van der Waals surface area (Å²) in [5.41, 5.74) is 2.54. The fraction of sp³-hybridized carbons (Fsp3) is 0.0800. The number of hydrogen-bond acceptors (Lipinski definition) is 7. The number of halogens is 2. The van der Waals surface area contributed by atoms with Gasteiger partial charge >= 0.3 is 11.9 Å². The molecular weight excluding hydrogens is 584 g/mol. The maximum absolute atomic E-state index is 12.6. The van der Waals surface area contributed by atoms with Crippen molar-refractivity contribution in [3.8, 4) is 5.75 Å². The zero-order valence-electron chi connectivity index (χ0n) is 18.4. The Kier molecular flexibility index (Phi) is 6.95. The van der Waals surface area contributed by atoms with E-state index >= 15 is 0 Å².